The zero-order valence-corrected chi connectivity index (χ0v) is 13.7. The van der Waals surface area contributed by atoms with Crippen LogP contribution in [0.4, 0.5) is 5.82 Å². The van der Waals surface area contributed by atoms with Gasteiger partial charge in [-0.05, 0) is 31.4 Å². The number of hydrogen-bond acceptors (Lipinski definition) is 5. The molecule has 0 bridgehead atoms. The fourth-order valence-corrected chi connectivity index (χ4v) is 2.53. The van der Waals surface area contributed by atoms with E-state index in [1.54, 1.807) is 6.07 Å². The smallest absolute Gasteiger partial charge is 0.242 e. The zero-order chi connectivity index (χ0) is 15.7. The predicted octanol–water partition coefficient (Wildman–Crippen LogP) is 1.85. The van der Waals surface area contributed by atoms with E-state index in [9.17, 15) is 8.42 Å². The summed E-state index contributed by atoms with van der Waals surface area (Å²) in [7, 11) is -3.52. The first kappa shape index (κ1) is 17.9. The first-order valence-corrected chi connectivity index (χ1v) is 8.71. The third-order valence-corrected chi connectivity index (χ3v) is 4.23. The fourth-order valence-electron chi connectivity index (χ4n) is 1.58. The lowest BCUT2D eigenvalue weighted by Gasteiger charge is -2.09. The third kappa shape index (κ3) is 6.88. The summed E-state index contributed by atoms with van der Waals surface area (Å²) in [4.78, 5) is 4.21. The normalized spacial score (nSPS) is 11.8. The van der Waals surface area contributed by atoms with Crippen LogP contribution < -0.4 is 10.0 Å². The number of hydrogen-bond donors (Lipinski definition) is 2. The van der Waals surface area contributed by atoms with Crippen LogP contribution in [0.1, 0.15) is 27.2 Å². The van der Waals surface area contributed by atoms with Gasteiger partial charge in [0.1, 0.15) is 10.7 Å². The van der Waals surface area contributed by atoms with Crippen LogP contribution in [0.2, 0.25) is 0 Å². The van der Waals surface area contributed by atoms with Crippen molar-refractivity contribution in [2.75, 3.05) is 31.6 Å². The highest BCUT2D eigenvalue weighted by Crippen LogP contribution is 2.10. The van der Waals surface area contributed by atoms with Gasteiger partial charge in [-0.2, -0.15) is 0 Å². The number of nitrogens with zero attached hydrogens (tertiary/aromatic N) is 1. The number of anilines is 1. The maximum absolute atomic E-state index is 12.0. The molecule has 0 fully saturated rings. The van der Waals surface area contributed by atoms with E-state index >= 15 is 0 Å². The van der Waals surface area contributed by atoms with E-state index in [0.29, 0.717) is 24.9 Å². The van der Waals surface area contributed by atoms with Gasteiger partial charge in [-0.1, -0.05) is 13.8 Å². The summed E-state index contributed by atoms with van der Waals surface area (Å²) in [5.41, 5.74) is 0. The van der Waals surface area contributed by atoms with Crippen LogP contribution in [0.5, 0.6) is 0 Å². The molecule has 0 aliphatic heterocycles. The molecule has 0 aromatic carbocycles. The molecule has 0 aliphatic carbocycles. The maximum atomic E-state index is 12.0. The van der Waals surface area contributed by atoms with Gasteiger partial charge in [-0.25, -0.2) is 18.1 Å². The van der Waals surface area contributed by atoms with Gasteiger partial charge in [0, 0.05) is 25.9 Å². The Labute approximate surface area is 127 Å². The second-order valence-electron chi connectivity index (χ2n) is 5.10. The molecule has 0 radical (unpaired) electrons. The first-order valence-electron chi connectivity index (χ1n) is 7.23. The van der Waals surface area contributed by atoms with Crippen molar-refractivity contribution >= 4 is 15.8 Å². The molecule has 1 aromatic rings. The Balaban J connectivity index is 2.39. The Bertz CT molecular complexity index is 501. The van der Waals surface area contributed by atoms with Crippen LogP contribution in [0.25, 0.3) is 0 Å². The molecule has 1 aromatic heterocycles. The van der Waals surface area contributed by atoms with Crippen LogP contribution in [-0.4, -0.2) is 39.7 Å². The molecule has 1 heterocycles. The molecule has 0 unspecified atom stereocenters. The first-order chi connectivity index (χ1) is 9.95. The predicted molar refractivity (Wildman–Crippen MR) is 83.9 cm³/mol. The van der Waals surface area contributed by atoms with Gasteiger partial charge in [0.15, 0.2) is 0 Å². The molecule has 6 nitrogen and oxygen atoms in total. The monoisotopic (exact) mass is 315 g/mol. The van der Waals surface area contributed by atoms with Crippen LogP contribution >= 0.6 is 0 Å². The van der Waals surface area contributed by atoms with Crippen molar-refractivity contribution in [3.8, 4) is 0 Å². The highest BCUT2D eigenvalue weighted by molar-refractivity contribution is 7.89. The lowest BCUT2D eigenvalue weighted by atomic mass is 10.1. The van der Waals surface area contributed by atoms with E-state index in [1.165, 1.54) is 12.3 Å². The topological polar surface area (TPSA) is 80.3 Å². The van der Waals surface area contributed by atoms with Crippen molar-refractivity contribution in [2.45, 2.75) is 32.1 Å². The van der Waals surface area contributed by atoms with Gasteiger partial charge in [0.25, 0.3) is 0 Å². The van der Waals surface area contributed by atoms with E-state index in [4.69, 9.17) is 4.74 Å². The fraction of sp³-hybridized carbons (Fsp3) is 0.643. The molecule has 1 rings (SSSR count). The average molecular weight is 315 g/mol. The molecular weight excluding hydrogens is 290 g/mol. The minimum atomic E-state index is -3.52. The zero-order valence-electron chi connectivity index (χ0n) is 12.9. The number of rotatable bonds is 10. The van der Waals surface area contributed by atoms with Gasteiger partial charge >= 0.3 is 0 Å². The minimum absolute atomic E-state index is 0.159. The van der Waals surface area contributed by atoms with Gasteiger partial charge < -0.3 is 10.1 Å². The molecule has 21 heavy (non-hydrogen) atoms. The number of nitrogens with one attached hydrogen (secondary N) is 2. The van der Waals surface area contributed by atoms with E-state index in [1.807, 2.05) is 6.92 Å². The molecule has 0 atom stereocenters. The summed E-state index contributed by atoms with van der Waals surface area (Å²) in [6.07, 6.45) is 2.32. The lowest BCUT2D eigenvalue weighted by Crippen LogP contribution is -2.27. The Morgan fingerprint density at radius 1 is 1.29 bits per heavy atom. The van der Waals surface area contributed by atoms with Gasteiger partial charge in [-0.3, -0.25) is 0 Å². The Morgan fingerprint density at radius 2 is 2.05 bits per heavy atom. The highest BCUT2D eigenvalue weighted by Gasteiger charge is 2.13. The second-order valence-corrected chi connectivity index (χ2v) is 6.87. The molecule has 120 valence electrons. The van der Waals surface area contributed by atoms with Crippen molar-refractivity contribution in [3.63, 3.8) is 0 Å². The number of pyridine rings is 1. The van der Waals surface area contributed by atoms with E-state index in [2.05, 4.69) is 28.9 Å². The van der Waals surface area contributed by atoms with Crippen LogP contribution in [0.3, 0.4) is 0 Å². The van der Waals surface area contributed by atoms with Crippen molar-refractivity contribution in [1.82, 2.24) is 9.71 Å². The highest BCUT2D eigenvalue weighted by atomic mass is 32.2. The van der Waals surface area contributed by atoms with Crippen molar-refractivity contribution < 1.29 is 13.2 Å². The summed E-state index contributed by atoms with van der Waals surface area (Å²) in [5, 5.41) is 3.02. The molecule has 2 N–H and O–H groups in total. The molecule has 0 spiro atoms. The maximum Gasteiger partial charge on any atom is 0.242 e. The summed E-state index contributed by atoms with van der Waals surface area (Å²) < 4.78 is 31.9. The molecule has 0 saturated carbocycles. The third-order valence-electron chi connectivity index (χ3n) is 2.78. The molecule has 0 amide bonds. The standard InChI is InChI=1S/C14H25N3O3S/c1-4-15-14-6-5-13(11-16-14)21(18,19)17-8-10-20-9-7-12(2)3/h5-6,11-12,17H,4,7-10H2,1-3H3,(H,15,16). The van der Waals surface area contributed by atoms with E-state index in [0.717, 1.165) is 13.0 Å². The van der Waals surface area contributed by atoms with Crippen molar-refractivity contribution in [1.29, 1.82) is 0 Å². The van der Waals surface area contributed by atoms with Gasteiger partial charge in [0.05, 0.1) is 6.61 Å². The average Bonchev–Trinajstić information content (AvgIpc) is 2.43. The number of ether oxygens (including phenoxy) is 1. The van der Waals surface area contributed by atoms with Crippen LogP contribution in [-0.2, 0) is 14.8 Å². The summed E-state index contributed by atoms with van der Waals surface area (Å²) in [6, 6.07) is 3.18. The SMILES string of the molecule is CCNc1ccc(S(=O)(=O)NCCOCCC(C)C)cn1. The Hall–Kier alpha value is -1.18. The molecular formula is C14H25N3O3S. The van der Waals surface area contributed by atoms with Crippen LogP contribution in [0.15, 0.2) is 23.2 Å². The number of aromatic nitrogens is 1. The molecule has 0 aliphatic rings. The Morgan fingerprint density at radius 3 is 2.62 bits per heavy atom. The molecule has 0 saturated heterocycles. The second kappa shape index (κ2) is 8.96. The van der Waals surface area contributed by atoms with Gasteiger partial charge in [-0.15, -0.1) is 0 Å². The minimum Gasteiger partial charge on any atom is -0.380 e. The molecule has 7 heteroatoms. The lowest BCUT2D eigenvalue weighted by molar-refractivity contribution is 0.128. The van der Waals surface area contributed by atoms with Crippen LogP contribution in [0, 0.1) is 5.92 Å². The Kier molecular flexibility index (Phi) is 7.63. The van der Waals surface area contributed by atoms with E-state index in [-0.39, 0.29) is 11.4 Å². The quantitative estimate of drug-likeness (QED) is 0.644. The van der Waals surface area contributed by atoms with Gasteiger partial charge in [0.2, 0.25) is 10.0 Å². The number of sulfonamides is 1. The van der Waals surface area contributed by atoms with Crippen molar-refractivity contribution in [2.24, 2.45) is 5.92 Å². The largest absolute Gasteiger partial charge is 0.380 e. The summed E-state index contributed by atoms with van der Waals surface area (Å²) in [5.74, 6) is 1.25. The van der Waals surface area contributed by atoms with Crippen molar-refractivity contribution in [3.05, 3.63) is 18.3 Å². The summed E-state index contributed by atoms with van der Waals surface area (Å²) in [6.45, 7) is 8.22. The summed E-state index contributed by atoms with van der Waals surface area (Å²) >= 11 is 0. The van der Waals surface area contributed by atoms with E-state index < -0.39 is 10.0 Å².